The number of halogens is 1. The number of anilines is 1. The number of benzene rings is 1. The first-order chi connectivity index (χ1) is 10.3. The van der Waals surface area contributed by atoms with Crippen LogP contribution in [0.2, 0.25) is 0 Å². The average Bonchev–Trinajstić information content (AvgIpc) is 3.04. The lowest BCUT2D eigenvalue weighted by Crippen LogP contribution is -2.51. The van der Waals surface area contributed by atoms with Gasteiger partial charge in [-0.3, -0.25) is 0 Å². The van der Waals surface area contributed by atoms with E-state index >= 15 is 0 Å². The Morgan fingerprint density at radius 1 is 1.24 bits per heavy atom. The minimum Gasteiger partial charge on any atom is -0.348 e. The second kappa shape index (κ2) is 6.41. The van der Waals surface area contributed by atoms with Gasteiger partial charge in [0.15, 0.2) is 6.29 Å². The number of hydrogen-bond donors (Lipinski definition) is 1. The minimum absolute atomic E-state index is 0.104. The number of piperidine rings is 1. The fraction of sp³-hybridized carbons (Fsp3) is 0.533. The Hall–Kier alpha value is -1.66. The van der Waals surface area contributed by atoms with E-state index in [2.05, 4.69) is 5.32 Å². The topological polar surface area (TPSA) is 50.8 Å². The molecule has 1 aromatic rings. The summed E-state index contributed by atoms with van der Waals surface area (Å²) in [6.07, 6.45) is 2.46. The van der Waals surface area contributed by atoms with E-state index in [1.807, 2.05) is 0 Å². The molecular weight excluding hydrogens is 275 g/mol. The van der Waals surface area contributed by atoms with Gasteiger partial charge < -0.3 is 19.7 Å². The number of rotatable bonds is 2. The Morgan fingerprint density at radius 2 is 2.00 bits per heavy atom. The summed E-state index contributed by atoms with van der Waals surface area (Å²) in [5.41, 5.74) is 0.195. The molecule has 0 bridgehead atoms. The highest BCUT2D eigenvalue weighted by atomic mass is 19.1. The Morgan fingerprint density at radius 3 is 2.76 bits per heavy atom. The first-order valence-corrected chi connectivity index (χ1v) is 7.31. The van der Waals surface area contributed by atoms with Gasteiger partial charge >= 0.3 is 6.03 Å². The Bertz CT molecular complexity index is 505. The lowest BCUT2D eigenvalue weighted by molar-refractivity contribution is -0.0973. The van der Waals surface area contributed by atoms with Crippen LogP contribution in [-0.4, -0.2) is 43.0 Å². The van der Waals surface area contributed by atoms with Crippen LogP contribution in [0, 0.1) is 5.82 Å². The molecule has 2 aliphatic rings. The maximum atomic E-state index is 13.6. The van der Waals surface area contributed by atoms with Gasteiger partial charge in [0, 0.05) is 6.54 Å². The molecule has 1 N–H and O–H groups in total. The van der Waals surface area contributed by atoms with Gasteiger partial charge in [-0.05, 0) is 31.4 Å². The molecule has 1 atom stereocenters. The second-order valence-corrected chi connectivity index (χ2v) is 5.28. The van der Waals surface area contributed by atoms with Gasteiger partial charge in [0.05, 0.1) is 24.9 Å². The van der Waals surface area contributed by atoms with E-state index in [1.165, 1.54) is 6.07 Å². The van der Waals surface area contributed by atoms with E-state index in [9.17, 15) is 9.18 Å². The van der Waals surface area contributed by atoms with E-state index in [-0.39, 0.29) is 24.1 Å². The molecule has 114 valence electrons. The SMILES string of the molecule is O=C(Nc1ccccc1F)N1CCCCC1C1OCCO1. The predicted octanol–water partition coefficient (Wildman–Crippen LogP) is 2.58. The molecule has 2 aliphatic heterocycles. The fourth-order valence-electron chi connectivity index (χ4n) is 2.84. The molecule has 2 saturated heterocycles. The van der Waals surface area contributed by atoms with Crippen molar-refractivity contribution < 1.29 is 18.7 Å². The molecule has 2 fully saturated rings. The van der Waals surface area contributed by atoms with Crippen LogP contribution in [0.5, 0.6) is 0 Å². The van der Waals surface area contributed by atoms with Crippen molar-refractivity contribution in [3.05, 3.63) is 30.1 Å². The zero-order valence-corrected chi connectivity index (χ0v) is 11.8. The number of nitrogens with one attached hydrogen (secondary N) is 1. The lowest BCUT2D eigenvalue weighted by Gasteiger charge is -2.37. The minimum atomic E-state index is -0.437. The number of likely N-dealkylation sites (tertiary alicyclic amines) is 1. The van der Waals surface area contributed by atoms with Crippen LogP contribution in [0.1, 0.15) is 19.3 Å². The Balaban J connectivity index is 1.70. The van der Waals surface area contributed by atoms with Crippen molar-refractivity contribution in [1.82, 2.24) is 4.90 Å². The van der Waals surface area contributed by atoms with Crippen molar-refractivity contribution in [3.63, 3.8) is 0 Å². The Labute approximate surface area is 123 Å². The van der Waals surface area contributed by atoms with Crippen molar-refractivity contribution >= 4 is 11.7 Å². The van der Waals surface area contributed by atoms with E-state index < -0.39 is 5.82 Å². The number of carbonyl (C=O) groups excluding carboxylic acids is 1. The van der Waals surface area contributed by atoms with Crippen molar-refractivity contribution in [2.75, 3.05) is 25.1 Å². The summed E-state index contributed by atoms with van der Waals surface area (Å²) in [6.45, 7) is 1.75. The van der Waals surface area contributed by atoms with Crippen molar-refractivity contribution in [2.45, 2.75) is 31.6 Å². The maximum absolute atomic E-state index is 13.6. The summed E-state index contributed by atoms with van der Waals surface area (Å²) in [5, 5.41) is 2.63. The molecule has 0 aromatic heterocycles. The summed E-state index contributed by atoms with van der Waals surface area (Å²) in [5.74, 6) is -0.437. The number of carbonyl (C=O) groups is 1. The van der Waals surface area contributed by atoms with Crippen LogP contribution < -0.4 is 5.32 Å². The first kappa shape index (κ1) is 14.3. The smallest absolute Gasteiger partial charge is 0.322 e. The number of urea groups is 1. The highest BCUT2D eigenvalue weighted by Crippen LogP contribution is 2.25. The third-order valence-corrected chi connectivity index (χ3v) is 3.89. The van der Waals surface area contributed by atoms with Crippen molar-refractivity contribution in [3.8, 4) is 0 Å². The second-order valence-electron chi connectivity index (χ2n) is 5.28. The largest absolute Gasteiger partial charge is 0.348 e. The van der Waals surface area contributed by atoms with Gasteiger partial charge in [-0.1, -0.05) is 12.1 Å². The van der Waals surface area contributed by atoms with E-state index in [4.69, 9.17) is 9.47 Å². The van der Waals surface area contributed by atoms with Gasteiger partial charge in [-0.25, -0.2) is 9.18 Å². The average molecular weight is 294 g/mol. The van der Waals surface area contributed by atoms with Gasteiger partial charge in [0.25, 0.3) is 0 Å². The number of ether oxygens (including phenoxy) is 2. The summed E-state index contributed by atoms with van der Waals surface area (Å²) < 4.78 is 24.7. The first-order valence-electron chi connectivity index (χ1n) is 7.31. The molecule has 0 radical (unpaired) electrons. The number of para-hydroxylation sites is 1. The third-order valence-electron chi connectivity index (χ3n) is 3.89. The molecule has 2 heterocycles. The van der Waals surface area contributed by atoms with Crippen molar-refractivity contribution in [1.29, 1.82) is 0 Å². The number of hydrogen-bond acceptors (Lipinski definition) is 3. The summed E-state index contributed by atoms with van der Waals surface area (Å²) in [6, 6.07) is 5.75. The molecule has 5 nitrogen and oxygen atoms in total. The van der Waals surface area contributed by atoms with Crippen LogP contribution >= 0.6 is 0 Å². The van der Waals surface area contributed by atoms with E-state index in [0.717, 1.165) is 19.3 Å². The van der Waals surface area contributed by atoms with Crippen molar-refractivity contribution in [2.24, 2.45) is 0 Å². The molecule has 0 saturated carbocycles. The molecule has 0 aliphatic carbocycles. The van der Waals surface area contributed by atoms with Crippen LogP contribution in [0.25, 0.3) is 0 Å². The van der Waals surface area contributed by atoms with Gasteiger partial charge in [-0.15, -0.1) is 0 Å². The molecule has 3 rings (SSSR count). The standard InChI is InChI=1S/C15H19FN2O3/c16-11-5-1-2-6-12(11)17-15(19)18-8-4-3-7-13(18)14-20-9-10-21-14/h1-2,5-6,13-14H,3-4,7-10H2,(H,17,19). The van der Waals surface area contributed by atoms with Crippen LogP contribution in [0.3, 0.4) is 0 Å². The molecule has 2 amide bonds. The van der Waals surface area contributed by atoms with Crippen LogP contribution in [0.4, 0.5) is 14.9 Å². The number of amides is 2. The van der Waals surface area contributed by atoms with Crippen LogP contribution in [-0.2, 0) is 9.47 Å². The lowest BCUT2D eigenvalue weighted by atomic mass is 10.0. The van der Waals surface area contributed by atoms with Gasteiger partial charge in [0.1, 0.15) is 5.82 Å². The molecule has 21 heavy (non-hydrogen) atoms. The monoisotopic (exact) mass is 294 g/mol. The zero-order valence-electron chi connectivity index (χ0n) is 11.8. The van der Waals surface area contributed by atoms with Gasteiger partial charge in [-0.2, -0.15) is 0 Å². The summed E-state index contributed by atoms with van der Waals surface area (Å²) >= 11 is 0. The van der Waals surface area contributed by atoms with E-state index in [1.54, 1.807) is 23.1 Å². The Kier molecular flexibility index (Phi) is 4.36. The molecular formula is C15H19FN2O3. The normalized spacial score (nSPS) is 23.3. The predicted molar refractivity (Wildman–Crippen MR) is 75.5 cm³/mol. The van der Waals surface area contributed by atoms with Gasteiger partial charge in [0.2, 0.25) is 0 Å². The number of nitrogens with zero attached hydrogens (tertiary/aromatic N) is 1. The quantitative estimate of drug-likeness (QED) is 0.912. The molecule has 1 aromatic carbocycles. The highest BCUT2D eigenvalue weighted by Gasteiger charge is 2.36. The fourth-order valence-corrected chi connectivity index (χ4v) is 2.84. The molecule has 6 heteroatoms. The maximum Gasteiger partial charge on any atom is 0.322 e. The zero-order chi connectivity index (χ0) is 14.7. The summed E-state index contributed by atoms with van der Waals surface area (Å²) in [4.78, 5) is 14.1. The highest BCUT2D eigenvalue weighted by molar-refractivity contribution is 5.89. The van der Waals surface area contributed by atoms with Crippen LogP contribution in [0.15, 0.2) is 24.3 Å². The molecule has 0 spiro atoms. The third kappa shape index (κ3) is 3.16. The summed E-state index contributed by atoms with van der Waals surface area (Å²) in [7, 11) is 0. The molecule has 1 unspecified atom stereocenters. The van der Waals surface area contributed by atoms with E-state index in [0.29, 0.717) is 19.8 Å².